The number of rotatable bonds is 4. The first-order chi connectivity index (χ1) is 7.86. The average molecular weight is 247 g/mol. The third-order valence-corrected chi connectivity index (χ3v) is 2.04. The molecule has 6 heteroatoms. The van der Waals surface area contributed by atoms with Gasteiger partial charge in [-0.3, -0.25) is 0 Å². The van der Waals surface area contributed by atoms with Crippen LogP contribution in [0.15, 0.2) is 18.2 Å². The molecule has 2 nitrogen and oxygen atoms in total. The predicted octanol–water partition coefficient (Wildman–Crippen LogP) is 3.15. The normalized spacial score (nSPS) is 11.4. The van der Waals surface area contributed by atoms with Gasteiger partial charge in [-0.25, -0.2) is 8.78 Å². The zero-order valence-electron chi connectivity index (χ0n) is 8.88. The molecule has 0 radical (unpaired) electrons. The molecule has 0 amide bonds. The molecule has 17 heavy (non-hydrogen) atoms. The molecule has 0 unspecified atom stereocenters. The summed E-state index contributed by atoms with van der Waals surface area (Å²) in [6, 6.07) is 5.95. The molecule has 0 aliphatic rings. The Morgan fingerprint density at radius 3 is 2.53 bits per heavy atom. The minimum absolute atomic E-state index is 0.0596. The number of ether oxygens (including phenoxy) is 1. The second-order valence-electron chi connectivity index (χ2n) is 3.44. The van der Waals surface area contributed by atoms with Gasteiger partial charge in [0.1, 0.15) is 5.75 Å². The van der Waals surface area contributed by atoms with Crippen LogP contribution in [0.5, 0.6) is 5.75 Å². The molecule has 92 valence electrons. The fraction of sp³-hybridized carbons (Fsp3) is 0.364. The molecule has 0 fully saturated rings. The summed E-state index contributed by atoms with van der Waals surface area (Å²) in [7, 11) is 0. The van der Waals surface area contributed by atoms with Gasteiger partial charge in [0.15, 0.2) is 6.61 Å². The fourth-order valence-electron chi connectivity index (χ4n) is 1.12. The van der Waals surface area contributed by atoms with Crippen LogP contribution in [-0.4, -0.2) is 19.0 Å². The van der Waals surface area contributed by atoms with E-state index in [1.54, 1.807) is 0 Å². The van der Waals surface area contributed by atoms with Gasteiger partial charge in [0.05, 0.1) is 11.6 Å². The van der Waals surface area contributed by atoms with Crippen LogP contribution >= 0.6 is 0 Å². The summed E-state index contributed by atoms with van der Waals surface area (Å²) in [5.41, 5.74) is 0.782. The molecule has 0 aromatic heterocycles. The zero-order valence-corrected chi connectivity index (χ0v) is 8.88. The van der Waals surface area contributed by atoms with Crippen molar-refractivity contribution in [3.05, 3.63) is 29.3 Å². The lowest BCUT2D eigenvalue weighted by Gasteiger charge is -2.16. The van der Waals surface area contributed by atoms with Crippen LogP contribution in [0.1, 0.15) is 11.1 Å². The number of alkyl halides is 4. The van der Waals surface area contributed by atoms with Crippen LogP contribution in [-0.2, 0) is 0 Å². The zero-order chi connectivity index (χ0) is 13.1. The number of aryl methyl sites for hydroxylation is 1. The lowest BCUT2D eigenvalue weighted by atomic mass is 10.1. The molecule has 1 aromatic carbocycles. The fourth-order valence-corrected chi connectivity index (χ4v) is 1.12. The molecule has 0 heterocycles. The van der Waals surface area contributed by atoms with E-state index in [1.807, 2.05) is 6.07 Å². The highest BCUT2D eigenvalue weighted by molar-refractivity contribution is 5.41. The summed E-state index contributed by atoms with van der Waals surface area (Å²) in [6.45, 7) is 0.147. The summed E-state index contributed by atoms with van der Waals surface area (Å²) >= 11 is 0. The Morgan fingerprint density at radius 1 is 1.41 bits per heavy atom. The smallest absolute Gasteiger partial charge is 0.340 e. The third kappa shape index (κ3) is 3.34. The van der Waals surface area contributed by atoms with Crippen LogP contribution < -0.4 is 4.74 Å². The van der Waals surface area contributed by atoms with Gasteiger partial charge in [0.2, 0.25) is 0 Å². The van der Waals surface area contributed by atoms with Crippen molar-refractivity contribution < 1.29 is 22.3 Å². The molecule has 0 atom stereocenters. The summed E-state index contributed by atoms with van der Waals surface area (Å²) in [6.07, 6.45) is -3.76. The van der Waals surface area contributed by atoms with Crippen molar-refractivity contribution in [2.24, 2.45) is 0 Å². The maximum Gasteiger partial charge on any atom is 0.340 e. The number of nitrogens with zero attached hydrogens (tertiary/aromatic N) is 1. The van der Waals surface area contributed by atoms with Gasteiger partial charge in [-0.2, -0.15) is 14.0 Å². The number of nitriles is 1. The van der Waals surface area contributed by atoms with E-state index in [-0.39, 0.29) is 5.75 Å². The Balaban J connectivity index is 2.74. The number of benzene rings is 1. The van der Waals surface area contributed by atoms with Crippen LogP contribution in [0.3, 0.4) is 0 Å². The Kier molecular flexibility index (Phi) is 3.94. The van der Waals surface area contributed by atoms with Gasteiger partial charge in [0, 0.05) is 0 Å². The highest BCUT2D eigenvalue weighted by atomic mass is 19.3. The molecule has 0 aliphatic heterocycles. The van der Waals surface area contributed by atoms with Crippen molar-refractivity contribution >= 4 is 0 Å². The summed E-state index contributed by atoms with van der Waals surface area (Å²) in [5.74, 6) is -4.12. The van der Waals surface area contributed by atoms with E-state index in [2.05, 4.69) is 4.74 Å². The van der Waals surface area contributed by atoms with Gasteiger partial charge in [-0.1, -0.05) is 0 Å². The first-order valence-electron chi connectivity index (χ1n) is 4.66. The van der Waals surface area contributed by atoms with Crippen LogP contribution in [0.25, 0.3) is 0 Å². The average Bonchev–Trinajstić information content (AvgIpc) is 2.27. The second kappa shape index (κ2) is 5.04. The maximum atomic E-state index is 12.6. The van der Waals surface area contributed by atoms with E-state index in [0.717, 1.165) is 0 Å². The van der Waals surface area contributed by atoms with Crippen LogP contribution in [0.2, 0.25) is 0 Å². The largest absolute Gasteiger partial charge is 0.487 e. The van der Waals surface area contributed by atoms with E-state index in [1.165, 1.54) is 25.1 Å². The van der Waals surface area contributed by atoms with Crippen molar-refractivity contribution in [3.63, 3.8) is 0 Å². The third-order valence-electron chi connectivity index (χ3n) is 2.04. The first-order valence-corrected chi connectivity index (χ1v) is 4.66. The maximum absolute atomic E-state index is 12.6. The van der Waals surface area contributed by atoms with E-state index in [4.69, 9.17) is 5.26 Å². The van der Waals surface area contributed by atoms with Crippen molar-refractivity contribution in [3.8, 4) is 11.8 Å². The molecule has 0 aliphatic carbocycles. The molecule has 1 rings (SSSR count). The Morgan fingerprint density at radius 2 is 2.06 bits per heavy atom. The van der Waals surface area contributed by atoms with Crippen molar-refractivity contribution in [2.45, 2.75) is 19.3 Å². The summed E-state index contributed by atoms with van der Waals surface area (Å²) in [4.78, 5) is 0. The monoisotopic (exact) mass is 247 g/mol. The molecule has 0 saturated carbocycles. The predicted molar refractivity (Wildman–Crippen MR) is 52.3 cm³/mol. The van der Waals surface area contributed by atoms with Crippen LogP contribution in [0.4, 0.5) is 17.6 Å². The number of hydrogen-bond donors (Lipinski definition) is 0. The molecular formula is C11H9F4NO. The van der Waals surface area contributed by atoms with Crippen molar-refractivity contribution in [1.82, 2.24) is 0 Å². The highest BCUT2D eigenvalue weighted by Crippen LogP contribution is 2.26. The standard InChI is InChI=1S/C11H9F4NO/c1-7-4-8(5-16)2-3-9(7)17-6-11(14,15)10(12)13/h2-4,10H,6H2,1H3. The highest BCUT2D eigenvalue weighted by Gasteiger charge is 2.41. The van der Waals surface area contributed by atoms with Gasteiger partial charge in [-0.05, 0) is 30.7 Å². The molecule has 0 N–H and O–H groups in total. The Bertz CT molecular complexity index is 440. The lowest BCUT2D eigenvalue weighted by Crippen LogP contribution is -2.33. The quantitative estimate of drug-likeness (QED) is 0.766. The van der Waals surface area contributed by atoms with E-state index in [0.29, 0.717) is 11.1 Å². The van der Waals surface area contributed by atoms with Gasteiger partial charge in [0.25, 0.3) is 0 Å². The van der Waals surface area contributed by atoms with Crippen molar-refractivity contribution in [2.75, 3.05) is 6.61 Å². The number of hydrogen-bond acceptors (Lipinski definition) is 2. The minimum atomic E-state index is -4.18. The molecule has 0 saturated heterocycles. The topological polar surface area (TPSA) is 33.0 Å². The SMILES string of the molecule is Cc1cc(C#N)ccc1OCC(F)(F)C(F)F. The Labute approximate surface area is 95.4 Å². The number of halogens is 4. The second-order valence-corrected chi connectivity index (χ2v) is 3.44. The van der Waals surface area contributed by atoms with Crippen LogP contribution in [0, 0.1) is 18.3 Å². The van der Waals surface area contributed by atoms with Gasteiger partial charge >= 0.3 is 12.3 Å². The Hall–Kier alpha value is -1.77. The summed E-state index contributed by atoms with van der Waals surface area (Å²) in [5, 5.41) is 8.57. The lowest BCUT2D eigenvalue weighted by molar-refractivity contribution is -0.148. The molecule has 1 aromatic rings. The van der Waals surface area contributed by atoms with Crippen molar-refractivity contribution in [1.29, 1.82) is 5.26 Å². The molecule has 0 spiro atoms. The van der Waals surface area contributed by atoms with Gasteiger partial charge in [-0.15, -0.1) is 0 Å². The van der Waals surface area contributed by atoms with E-state index >= 15 is 0 Å². The molecular weight excluding hydrogens is 238 g/mol. The minimum Gasteiger partial charge on any atom is -0.487 e. The summed E-state index contributed by atoms with van der Waals surface area (Å²) < 4.78 is 53.5. The van der Waals surface area contributed by atoms with E-state index < -0.39 is 19.0 Å². The van der Waals surface area contributed by atoms with Gasteiger partial charge < -0.3 is 4.74 Å². The molecule has 0 bridgehead atoms. The van der Waals surface area contributed by atoms with E-state index in [9.17, 15) is 17.6 Å². The first kappa shape index (κ1) is 13.3.